The molecule has 3 aromatic rings. The summed E-state index contributed by atoms with van der Waals surface area (Å²) in [6.45, 7) is 3.61. The lowest BCUT2D eigenvalue weighted by Gasteiger charge is -2.21. The number of hydrogen-bond donors (Lipinski definition) is 3. The fourth-order valence-electron chi connectivity index (χ4n) is 3.83. The monoisotopic (exact) mass is 456 g/mol. The molecular formula is C22H21ClN4O5. The van der Waals surface area contributed by atoms with Crippen LogP contribution in [0.3, 0.4) is 0 Å². The van der Waals surface area contributed by atoms with Crippen LogP contribution in [0.5, 0.6) is 0 Å². The maximum Gasteiger partial charge on any atom is 0.257 e. The van der Waals surface area contributed by atoms with Crippen molar-refractivity contribution in [2.45, 2.75) is 32.9 Å². The second kappa shape index (κ2) is 8.16. The van der Waals surface area contributed by atoms with Gasteiger partial charge in [0.1, 0.15) is 22.9 Å². The van der Waals surface area contributed by atoms with Gasteiger partial charge < -0.3 is 25.7 Å². The fourth-order valence-corrected chi connectivity index (χ4v) is 4.05. The Morgan fingerprint density at radius 2 is 1.91 bits per heavy atom. The van der Waals surface area contributed by atoms with Crippen molar-refractivity contribution in [1.29, 1.82) is 0 Å². The minimum absolute atomic E-state index is 0.0578. The topological polar surface area (TPSA) is 135 Å². The highest BCUT2D eigenvalue weighted by molar-refractivity contribution is 6.32. The number of amides is 2. The molecule has 1 atom stereocenters. The minimum atomic E-state index is -0.693. The van der Waals surface area contributed by atoms with Gasteiger partial charge in [-0.25, -0.2) is 0 Å². The summed E-state index contributed by atoms with van der Waals surface area (Å²) in [7, 11) is 0. The average molecular weight is 457 g/mol. The number of carbonyl (C=O) groups excluding carboxylic acids is 2. The molecule has 166 valence electrons. The zero-order chi connectivity index (χ0) is 23.2. The van der Waals surface area contributed by atoms with Gasteiger partial charge in [0.2, 0.25) is 5.91 Å². The van der Waals surface area contributed by atoms with Crippen molar-refractivity contribution in [3.63, 3.8) is 0 Å². The molecule has 1 aliphatic heterocycles. The van der Waals surface area contributed by atoms with E-state index in [2.05, 4.69) is 10.6 Å². The zero-order valence-electron chi connectivity index (χ0n) is 17.5. The van der Waals surface area contributed by atoms with Crippen LogP contribution in [0.1, 0.15) is 46.8 Å². The predicted molar refractivity (Wildman–Crippen MR) is 120 cm³/mol. The van der Waals surface area contributed by atoms with E-state index in [-0.39, 0.29) is 36.1 Å². The third kappa shape index (κ3) is 3.64. The first kappa shape index (κ1) is 21.6. The van der Waals surface area contributed by atoms with Crippen molar-refractivity contribution in [3.8, 4) is 0 Å². The van der Waals surface area contributed by atoms with Crippen LogP contribution in [0, 0.1) is 6.92 Å². The van der Waals surface area contributed by atoms with Crippen LogP contribution >= 0.6 is 11.6 Å². The molecule has 0 unspecified atom stereocenters. The Morgan fingerprint density at radius 1 is 1.19 bits per heavy atom. The first-order chi connectivity index (χ1) is 15.2. The van der Waals surface area contributed by atoms with Crippen molar-refractivity contribution < 1.29 is 14.0 Å². The van der Waals surface area contributed by atoms with Crippen molar-refractivity contribution in [2.24, 2.45) is 5.73 Å². The highest BCUT2D eigenvalue weighted by Crippen LogP contribution is 2.37. The molecule has 0 saturated heterocycles. The number of nitrogens with zero attached hydrogens (tertiary/aromatic N) is 1. The Bertz CT molecular complexity index is 1300. The van der Waals surface area contributed by atoms with Crippen LogP contribution < -0.4 is 27.2 Å². The number of furan rings is 1. The smallest absolute Gasteiger partial charge is 0.257 e. The SMILES string of the molecule is CC[C@@H](Nc1c(Nc2ccc(Cl)c3c2C(=O)N(CC(N)=O)C3)c(=O)c1=O)c1ccc(C)o1. The van der Waals surface area contributed by atoms with Gasteiger partial charge in [0.15, 0.2) is 0 Å². The second-order valence-corrected chi connectivity index (χ2v) is 8.07. The van der Waals surface area contributed by atoms with Gasteiger partial charge in [-0.1, -0.05) is 18.5 Å². The van der Waals surface area contributed by atoms with E-state index in [1.165, 1.54) is 4.90 Å². The van der Waals surface area contributed by atoms with Crippen LogP contribution in [0.15, 0.2) is 38.3 Å². The third-order valence-electron chi connectivity index (χ3n) is 5.45. The highest BCUT2D eigenvalue weighted by Gasteiger charge is 2.34. The number of hydrogen-bond acceptors (Lipinski definition) is 7. The minimum Gasteiger partial charge on any atom is -0.464 e. The number of halogens is 1. The van der Waals surface area contributed by atoms with Crippen LogP contribution in [0.25, 0.3) is 0 Å². The van der Waals surface area contributed by atoms with Gasteiger partial charge >= 0.3 is 0 Å². The van der Waals surface area contributed by atoms with Crippen LogP contribution in [-0.4, -0.2) is 23.3 Å². The lowest BCUT2D eigenvalue weighted by atomic mass is 10.1. The molecule has 1 aromatic heterocycles. The molecule has 2 aromatic carbocycles. The quantitative estimate of drug-likeness (QED) is 0.443. The molecule has 4 N–H and O–H groups in total. The van der Waals surface area contributed by atoms with E-state index < -0.39 is 22.7 Å². The van der Waals surface area contributed by atoms with Crippen molar-refractivity contribution in [2.75, 3.05) is 17.2 Å². The summed E-state index contributed by atoms with van der Waals surface area (Å²) in [4.78, 5) is 50.0. The summed E-state index contributed by atoms with van der Waals surface area (Å²) in [5, 5.41) is 6.35. The van der Waals surface area contributed by atoms with Crippen molar-refractivity contribution >= 4 is 40.5 Å². The van der Waals surface area contributed by atoms with Crippen molar-refractivity contribution in [1.82, 2.24) is 4.90 Å². The Kier molecular flexibility index (Phi) is 5.52. The molecule has 32 heavy (non-hydrogen) atoms. The van der Waals surface area contributed by atoms with E-state index >= 15 is 0 Å². The van der Waals surface area contributed by atoms with Crippen LogP contribution in [-0.2, 0) is 11.3 Å². The number of primary amides is 1. The molecular weight excluding hydrogens is 436 g/mol. The standard InChI is InChI=1S/C22H21ClN4O5/c1-3-13(15-7-4-10(2)32-15)25-18-19(21(30)20(18)29)26-14-6-5-12(23)11-8-27(9-16(24)28)22(31)17(11)14/h4-7,13,25-26H,3,8-9H2,1-2H3,(H2,24,28)/t13-/m1/s1. The number of nitrogens with two attached hydrogens (primary N) is 1. The molecule has 9 nitrogen and oxygen atoms in total. The molecule has 0 saturated carbocycles. The number of nitrogens with one attached hydrogen (secondary N) is 2. The summed E-state index contributed by atoms with van der Waals surface area (Å²) in [5.41, 5.74) is 5.15. The maximum absolute atomic E-state index is 12.9. The van der Waals surface area contributed by atoms with Crippen LogP contribution in [0.2, 0.25) is 5.02 Å². The predicted octanol–water partition coefficient (Wildman–Crippen LogP) is 2.59. The fraction of sp³-hybridized carbons (Fsp3) is 0.273. The van der Waals surface area contributed by atoms with Gasteiger partial charge in [-0.3, -0.25) is 19.2 Å². The maximum atomic E-state index is 12.9. The average Bonchev–Trinajstić information content (AvgIpc) is 3.32. The van der Waals surface area contributed by atoms with Gasteiger partial charge in [-0.2, -0.15) is 0 Å². The van der Waals surface area contributed by atoms with Gasteiger partial charge in [-0.15, -0.1) is 0 Å². The highest BCUT2D eigenvalue weighted by atomic mass is 35.5. The van der Waals surface area contributed by atoms with Gasteiger partial charge in [0, 0.05) is 17.1 Å². The molecule has 2 amide bonds. The summed E-state index contributed by atoms with van der Waals surface area (Å²) < 4.78 is 5.65. The number of benzene rings is 1. The molecule has 2 heterocycles. The van der Waals surface area contributed by atoms with Crippen LogP contribution in [0.4, 0.5) is 17.1 Å². The molecule has 0 aliphatic carbocycles. The van der Waals surface area contributed by atoms with E-state index in [0.29, 0.717) is 28.5 Å². The molecule has 0 radical (unpaired) electrons. The number of aryl methyl sites for hydroxylation is 1. The first-order valence-electron chi connectivity index (χ1n) is 10.0. The normalized spacial score (nSPS) is 14.0. The third-order valence-corrected chi connectivity index (χ3v) is 5.81. The molecule has 0 spiro atoms. The van der Waals surface area contributed by atoms with Crippen molar-refractivity contribution in [3.05, 3.63) is 72.4 Å². The summed E-state index contributed by atoms with van der Waals surface area (Å²) in [6.07, 6.45) is 0.613. The van der Waals surface area contributed by atoms with Gasteiger partial charge in [-0.05, 0) is 37.6 Å². The molecule has 0 bridgehead atoms. The van der Waals surface area contributed by atoms with Gasteiger partial charge in [0.05, 0.1) is 23.8 Å². The lowest BCUT2D eigenvalue weighted by molar-refractivity contribution is -0.118. The first-order valence-corrected chi connectivity index (χ1v) is 10.4. The Morgan fingerprint density at radius 3 is 2.53 bits per heavy atom. The molecule has 4 rings (SSSR count). The number of fused-ring (bicyclic) bond motifs is 1. The summed E-state index contributed by atoms with van der Waals surface area (Å²) in [5.74, 6) is 0.298. The van der Waals surface area contributed by atoms with E-state index in [9.17, 15) is 19.2 Å². The zero-order valence-corrected chi connectivity index (χ0v) is 18.2. The Balaban J connectivity index is 1.65. The number of anilines is 3. The summed E-state index contributed by atoms with van der Waals surface area (Å²) >= 11 is 6.25. The molecule has 1 aliphatic rings. The Hall–Kier alpha value is -3.59. The Labute approximate surface area is 187 Å². The second-order valence-electron chi connectivity index (χ2n) is 7.66. The molecule has 0 fully saturated rings. The number of rotatable bonds is 8. The van der Waals surface area contributed by atoms with E-state index in [0.717, 1.165) is 5.76 Å². The van der Waals surface area contributed by atoms with Gasteiger partial charge in [0.25, 0.3) is 16.8 Å². The van der Waals surface area contributed by atoms with E-state index in [1.807, 2.05) is 26.0 Å². The lowest BCUT2D eigenvalue weighted by Crippen LogP contribution is -2.37. The molecule has 10 heteroatoms. The number of carbonyl (C=O) groups is 2. The van der Waals surface area contributed by atoms with E-state index in [4.69, 9.17) is 21.8 Å². The van der Waals surface area contributed by atoms with E-state index in [1.54, 1.807) is 12.1 Å². The largest absolute Gasteiger partial charge is 0.464 e. The summed E-state index contributed by atoms with van der Waals surface area (Å²) in [6, 6.07) is 6.47.